The number of carbonyl (C=O) groups excluding carboxylic acids is 2. The maximum Gasteiger partial charge on any atom is 0.249 e. The van der Waals surface area contributed by atoms with Gasteiger partial charge in [0.05, 0.1) is 6.21 Å². The minimum atomic E-state index is -0.508. The van der Waals surface area contributed by atoms with Gasteiger partial charge in [-0.15, -0.1) is 0 Å². The molecule has 4 aromatic rings. The van der Waals surface area contributed by atoms with E-state index in [1.165, 1.54) is 0 Å². The smallest absolute Gasteiger partial charge is 0.249 e. The van der Waals surface area contributed by atoms with E-state index in [2.05, 4.69) is 31.8 Å². The lowest BCUT2D eigenvalue weighted by Crippen LogP contribution is -2.25. The number of nitrogens with one attached hydrogen (secondary N) is 2. The Morgan fingerprint density at radius 1 is 0.944 bits per heavy atom. The van der Waals surface area contributed by atoms with E-state index in [4.69, 9.17) is 4.74 Å². The van der Waals surface area contributed by atoms with Crippen molar-refractivity contribution in [2.24, 2.45) is 5.10 Å². The fraction of sp³-hybridized carbons (Fsp3) is 0.138. The maximum atomic E-state index is 12.3. The Kier molecular flexibility index (Phi) is 8.13. The monoisotopic (exact) mass is 543 g/mol. The molecule has 0 spiro atoms. The fourth-order valence-corrected chi connectivity index (χ4v) is 4.04. The zero-order valence-corrected chi connectivity index (χ0v) is 21.6. The molecule has 0 heterocycles. The van der Waals surface area contributed by atoms with Crippen molar-refractivity contribution in [3.8, 4) is 5.75 Å². The fourth-order valence-electron chi connectivity index (χ4n) is 3.78. The van der Waals surface area contributed by atoms with Gasteiger partial charge in [0, 0.05) is 15.7 Å². The predicted octanol–water partition coefficient (Wildman–Crippen LogP) is 6.28. The van der Waals surface area contributed by atoms with E-state index in [1.54, 1.807) is 6.21 Å². The number of fused-ring (bicyclic) bond motifs is 1. The van der Waals surface area contributed by atoms with Crippen LogP contribution in [0.5, 0.6) is 5.75 Å². The quantitative estimate of drug-likeness (QED) is 0.156. The van der Waals surface area contributed by atoms with Crippen molar-refractivity contribution in [3.05, 3.63) is 106 Å². The van der Waals surface area contributed by atoms with E-state index in [9.17, 15) is 9.59 Å². The van der Waals surface area contributed by atoms with Crippen LogP contribution in [-0.2, 0) is 16.2 Å². The number of benzene rings is 4. The highest BCUT2D eigenvalue weighted by atomic mass is 79.9. The molecular weight excluding hydrogens is 518 g/mol. The summed E-state index contributed by atoms with van der Waals surface area (Å²) in [5.74, 6) is -0.272. The molecule has 0 aliphatic rings. The summed E-state index contributed by atoms with van der Waals surface area (Å²) in [7, 11) is 0. The van der Waals surface area contributed by atoms with Crippen LogP contribution in [0.25, 0.3) is 10.8 Å². The van der Waals surface area contributed by atoms with Gasteiger partial charge in [0.15, 0.2) is 0 Å². The molecule has 6 nitrogen and oxygen atoms in total. The molecule has 0 saturated heterocycles. The Morgan fingerprint density at radius 2 is 1.72 bits per heavy atom. The lowest BCUT2D eigenvalue weighted by Gasteiger charge is -2.12. The van der Waals surface area contributed by atoms with Crippen LogP contribution < -0.4 is 15.5 Å². The molecule has 0 unspecified atom stereocenters. The summed E-state index contributed by atoms with van der Waals surface area (Å²) in [5, 5.41) is 8.85. The highest BCUT2D eigenvalue weighted by Crippen LogP contribution is 2.27. The Bertz CT molecular complexity index is 1430. The van der Waals surface area contributed by atoms with Crippen molar-refractivity contribution in [2.45, 2.75) is 26.9 Å². The molecule has 4 aromatic carbocycles. The number of anilines is 1. The van der Waals surface area contributed by atoms with Gasteiger partial charge in [0.25, 0.3) is 0 Å². The molecule has 2 amide bonds. The summed E-state index contributed by atoms with van der Waals surface area (Å²) >= 11 is 3.44. The molecule has 0 fully saturated rings. The predicted molar refractivity (Wildman–Crippen MR) is 147 cm³/mol. The molecule has 0 aliphatic heterocycles. The van der Waals surface area contributed by atoms with Gasteiger partial charge < -0.3 is 10.1 Å². The van der Waals surface area contributed by atoms with E-state index >= 15 is 0 Å². The Labute approximate surface area is 218 Å². The summed E-state index contributed by atoms with van der Waals surface area (Å²) in [6, 6.07) is 25.4. The Morgan fingerprint density at radius 3 is 2.50 bits per heavy atom. The average molecular weight is 544 g/mol. The molecule has 0 saturated carbocycles. The lowest BCUT2D eigenvalue weighted by molar-refractivity contribution is -0.126. The van der Waals surface area contributed by atoms with Crippen LogP contribution in [0, 0.1) is 13.8 Å². The van der Waals surface area contributed by atoms with E-state index in [-0.39, 0.29) is 6.42 Å². The van der Waals surface area contributed by atoms with E-state index in [1.807, 2.05) is 92.7 Å². The zero-order chi connectivity index (χ0) is 25.5. The number of carbonyl (C=O) groups is 2. The SMILES string of the molecule is Cc1ccc(NC(=O)CC(=O)NN=Cc2c(OCc3ccc(Br)cc3)ccc3ccccc23)c(C)c1. The first-order valence-electron chi connectivity index (χ1n) is 11.5. The molecule has 0 aliphatic carbocycles. The van der Waals surface area contributed by atoms with Crippen molar-refractivity contribution in [1.29, 1.82) is 0 Å². The summed E-state index contributed by atoms with van der Waals surface area (Å²) in [4.78, 5) is 24.7. The van der Waals surface area contributed by atoms with E-state index in [0.29, 0.717) is 18.0 Å². The highest BCUT2D eigenvalue weighted by Gasteiger charge is 2.11. The molecule has 0 aromatic heterocycles. The van der Waals surface area contributed by atoms with Gasteiger partial charge in [-0.2, -0.15) is 5.10 Å². The molecule has 4 rings (SSSR count). The number of hydrogen-bond donors (Lipinski definition) is 2. The number of aryl methyl sites for hydroxylation is 2. The first kappa shape index (κ1) is 25.1. The molecule has 2 N–H and O–H groups in total. The average Bonchev–Trinajstić information content (AvgIpc) is 2.86. The second-order valence-corrected chi connectivity index (χ2v) is 9.37. The zero-order valence-electron chi connectivity index (χ0n) is 20.0. The first-order valence-corrected chi connectivity index (χ1v) is 12.3. The molecular formula is C29H26BrN3O3. The second-order valence-electron chi connectivity index (χ2n) is 8.45. The molecule has 7 heteroatoms. The topological polar surface area (TPSA) is 79.8 Å². The van der Waals surface area contributed by atoms with Gasteiger partial charge in [-0.1, -0.05) is 76.1 Å². The summed E-state index contributed by atoms with van der Waals surface area (Å²) < 4.78 is 7.10. The normalized spacial score (nSPS) is 11.0. The second kappa shape index (κ2) is 11.6. The summed E-state index contributed by atoms with van der Waals surface area (Å²) in [5.41, 5.74) is 6.95. The minimum Gasteiger partial charge on any atom is -0.488 e. The maximum absolute atomic E-state index is 12.3. The van der Waals surface area contributed by atoms with Gasteiger partial charge in [-0.25, -0.2) is 5.43 Å². The lowest BCUT2D eigenvalue weighted by atomic mass is 10.0. The van der Waals surface area contributed by atoms with Crippen molar-refractivity contribution >= 4 is 50.4 Å². The third kappa shape index (κ3) is 6.58. The van der Waals surface area contributed by atoms with Crippen LogP contribution in [0.2, 0.25) is 0 Å². The van der Waals surface area contributed by atoms with Gasteiger partial charge in [-0.05, 0) is 60.0 Å². The number of hydrogen-bond acceptors (Lipinski definition) is 4. The number of amides is 2. The van der Waals surface area contributed by atoms with Crippen LogP contribution in [0.1, 0.15) is 28.7 Å². The number of nitrogens with zero attached hydrogens (tertiary/aromatic N) is 1. The van der Waals surface area contributed by atoms with Gasteiger partial charge in [0.2, 0.25) is 11.8 Å². The molecule has 36 heavy (non-hydrogen) atoms. The van der Waals surface area contributed by atoms with E-state index < -0.39 is 11.8 Å². The molecule has 0 radical (unpaired) electrons. The molecule has 182 valence electrons. The number of hydrazone groups is 1. The van der Waals surface area contributed by atoms with E-state index in [0.717, 1.165) is 37.5 Å². The largest absolute Gasteiger partial charge is 0.488 e. The van der Waals surface area contributed by atoms with Crippen LogP contribution in [0.3, 0.4) is 0 Å². The molecule has 0 bridgehead atoms. The third-order valence-corrected chi connectivity index (χ3v) is 6.13. The van der Waals surface area contributed by atoms with Crippen molar-refractivity contribution in [3.63, 3.8) is 0 Å². The van der Waals surface area contributed by atoms with Gasteiger partial charge in [0.1, 0.15) is 18.8 Å². The van der Waals surface area contributed by atoms with Crippen molar-refractivity contribution < 1.29 is 14.3 Å². The van der Waals surface area contributed by atoms with Crippen LogP contribution in [-0.4, -0.2) is 18.0 Å². The standard InChI is InChI=1S/C29H26BrN3O3/c1-19-7-13-26(20(2)15-19)32-28(34)16-29(35)33-31-17-25-24-6-4-3-5-22(24)10-14-27(25)36-18-21-8-11-23(30)12-9-21/h3-15,17H,16,18H2,1-2H3,(H,32,34)(H,33,35). The third-order valence-electron chi connectivity index (χ3n) is 5.60. The van der Waals surface area contributed by atoms with Crippen LogP contribution >= 0.6 is 15.9 Å². The van der Waals surface area contributed by atoms with Gasteiger partial charge in [-0.3, -0.25) is 9.59 Å². The minimum absolute atomic E-state index is 0.340. The van der Waals surface area contributed by atoms with Crippen molar-refractivity contribution in [2.75, 3.05) is 5.32 Å². The number of halogens is 1. The molecule has 0 atom stereocenters. The van der Waals surface area contributed by atoms with Crippen LogP contribution in [0.15, 0.2) is 88.4 Å². The van der Waals surface area contributed by atoms with Crippen molar-refractivity contribution in [1.82, 2.24) is 5.43 Å². The Hall–Kier alpha value is -3.97. The number of ether oxygens (including phenoxy) is 1. The summed E-state index contributed by atoms with van der Waals surface area (Å²) in [6.45, 7) is 4.28. The Balaban J connectivity index is 1.44. The number of rotatable bonds is 8. The highest BCUT2D eigenvalue weighted by molar-refractivity contribution is 9.10. The first-order chi connectivity index (χ1) is 17.4. The summed E-state index contributed by atoms with van der Waals surface area (Å²) in [6.07, 6.45) is 1.21. The van der Waals surface area contributed by atoms with Crippen LogP contribution in [0.4, 0.5) is 5.69 Å². The van der Waals surface area contributed by atoms with Gasteiger partial charge >= 0.3 is 0 Å².